The summed E-state index contributed by atoms with van der Waals surface area (Å²) in [4.78, 5) is 9.16. The standard InChI is InChI=1S/C28H21N3O2/c1-17-15-19-10-13-26(30-27(19)28(32)18(17)2)33-20-11-12-22-21-7-3-4-8-23(21)31(24(22)16-20)25-9-5-6-14-29-25/h3-16,32H,1-2H3. The van der Waals surface area contributed by atoms with E-state index in [0.29, 0.717) is 17.1 Å². The number of ether oxygens (including phenoxy) is 1. The Labute approximate surface area is 190 Å². The normalized spacial score (nSPS) is 11.5. The zero-order chi connectivity index (χ0) is 22.5. The van der Waals surface area contributed by atoms with Crippen LogP contribution in [0.25, 0.3) is 38.5 Å². The van der Waals surface area contributed by atoms with Crippen LogP contribution in [0.1, 0.15) is 11.1 Å². The highest BCUT2D eigenvalue weighted by Crippen LogP contribution is 2.36. The Hall–Kier alpha value is -4.38. The Morgan fingerprint density at radius 2 is 1.64 bits per heavy atom. The molecule has 0 amide bonds. The second-order valence-electron chi connectivity index (χ2n) is 8.21. The number of hydrogen-bond donors (Lipinski definition) is 1. The highest BCUT2D eigenvalue weighted by molar-refractivity contribution is 6.09. The van der Waals surface area contributed by atoms with Crippen LogP contribution in [0.3, 0.4) is 0 Å². The zero-order valence-corrected chi connectivity index (χ0v) is 18.3. The van der Waals surface area contributed by atoms with Gasteiger partial charge < -0.3 is 9.84 Å². The van der Waals surface area contributed by atoms with E-state index in [4.69, 9.17) is 4.74 Å². The van der Waals surface area contributed by atoms with Gasteiger partial charge in [-0.2, -0.15) is 0 Å². The summed E-state index contributed by atoms with van der Waals surface area (Å²) < 4.78 is 8.29. The average molecular weight is 431 g/mol. The van der Waals surface area contributed by atoms with E-state index in [9.17, 15) is 5.11 Å². The molecule has 0 unspecified atom stereocenters. The predicted molar refractivity (Wildman–Crippen MR) is 132 cm³/mol. The van der Waals surface area contributed by atoms with E-state index in [1.54, 1.807) is 6.20 Å². The van der Waals surface area contributed by atoms with Crippen molar-refractivity contribution in [2.24, 2.45) is 0 Å². The van der Waals surface area contributed by atoms with Crippen molar-refractivity contribution >= 4 is 32.7 Å². The van der Waals surface area contributed by atoms with Crippen molar-refractivity contribution in [3.63, 3.8) is 0 Å². The van der Waals surface area contributed by atoms with Crippen molar-refractivity contribution < 1.29 is 9.84 Å². The van der Waals surface area contributed by atoms with Crippen LogP contribution in [0.4, 0.5) is 0 Å². The first-order valence-electron chi connectivity index (χ1n) is 10.8. The van der Waals surface area contributed by atoms with Crippen molar-refractivity contribution in [1.29, 1.82) is 0 Å². The lowest BCUT2D eigenvalue weighted by atomic mass is 10.0. The van der Waals surface area contributed by atoms with Gasteiger partial charge in [0.05, 0.1) is 11.0 Å². The number of pyridine rings is 2. The summed E-state index contributed by atoms with van der Waals surface area (Å²) in [6, 6.07) is 26.0. The number of aromatic hydroxyl groups is 1. The highest BCUT2D eigenvalue weighted by atomic mass is 16.5. The number of phenolic OH excluding ortho intramolecular Hbond substituents is 1. The van der Waals surface area contributed by atoms with Crippen LogP contribution in [0.5, 0.6) is 17.4 Å². The van der Waals surface area contributed by atoms with Crippen LogP contribution in [0, 0.1) is 13.8 Å². The summed E-state index contributed by atoms with van der Waals surface area (Å²) >= 11 is 0. The molecular weight excluding hydrogens is 410 g/mol. The third kappa shape index (κ3) is 3.09. The fourth-order valence-corrected chi connectivity index (χ4v) is 4.39. The summed E-state index contributed by atoms with van der Waals surface area (Å²) in [5.74, 6) is 2.14. The quantitative estimate of drug-likeness (QED) is 0.333. The summed E-state index contributed by atoms with van der Waals surface area (Å²) in [5.41, 5.74) is 4.49. The number of benzene rings is 3. The minimum atomic E-state index is 0.196. The third-order valence-electron chi connectivity index (χ3n) is 6.19. The van der Waals surface area contributed by atoms with Crippen LogP contribution < -0.4 is 4.74 Å². The topological polar surface area (TPSA) is 60.2 Å². The number of nitrogens with zero attached hydrogens (tertiary/aromatic N) is 3. The molecule has 0 saturated heterocycles. The molecule has 6 rings (SSSR count). The van der Waals surface area contributed by atoms with Crippen LogP contribution >= 0.6 is 0 Å². The predicted octanol–water partition coefficient (Wildman–Crippen LogP) is 6.84. The first-order valence-corrected chi connectivity index (χ1v) is 10.8. The van der Waals surface area contributed by atoms with Crippen molar-refractivity contribution in [3.05, 3.63) is 96.2 Å². The molecule has 3 aromatic carbocycles. The number of phenols is 1. The monoisotopic (exact) mass is 431 g/mol. The van der Waals surface area contributed by atoms with Gasteiger partial charge in [0.1, 0.15) is 22.8 Å². The lowest BCUT2D eigenvalue weighted by Crippen LogP contribution is -1.96. The highest BCUT2D eigenvalue weighted by Gasteiger charge is 2.14. The molecule has 0 saturated carbocycles. The Kier molecular flexibility index (Phi) is 4.30. The molecule has 0 atom stereocenters. The molecule has 0 aliphatic heterocycles. The number of aromatic nitrogens is 3. The van der Waals surface area contributed by atoms with Gasteiger partial charge in [-0.25, -0.2) is 9.97 Å². The van der Waals surface area contributed by atoms with Crippen LogP contribution in [-0.4, -0.2) is 19.6 Å². The molecule has 3 heterocycles. The summed E-state index contributed by atoms with van der Waals surface area (Å²) in [6.45, 7) is 3.87. The maximum Gasteiger partial charge on any atom is 0.219 e. The van der Waals surface area contributed by atoms with Gasteiger partial charge in [0.15, 0.2) is 0 Å². The second-order valence-corrected chi connectivity index (χ2v) is 8.21. The van der Waals surface area contributed by atoms with Gasteiger partial charge in [-0.05, 0) is 67.4 Å². The van der Waals surface area contributed by atoms with E-state index in [2.05, 4.69) is 32.7 Å². The van der Waals surface area contributed by atoms with Crippen LogP contribution in [-0.2, 0) is 0 Å². The first-order chi connectivity index (χ1) is 16.1. The fourth-order valence-electron chi connectivity index (χ4n) is 4.39. The molecule has 5 heteroatoms. The van der Waals surface area contributed by atoms with Gasteiger partial charge in [0.25, 0.3) is 0 Å². The molecule has 3 aromatic heterocycles. The molecule has 0 aliphatic rings. The summed E-state index contributed by atoms with van der Waals surface area (Å²) in [7, 11) is 0. The molecule has 6 aromatic rings. The molecule has 160 valence electrons. The molecule has 1 N–H and O–H groups in total. The van der Waals surface area contributed by atoms with Crippen molar-refractivity contribution in [2.75, 3.05) is 0 Å². The largest absolute Gasteiger partial charge is 0.505 e. The third-order valence-corrected chi connectivity index (χ3v) is 6.19. The molecule has 0 spiro atoms. The molecule has 0 bridgehead atoms. The number of hydrogen-bond acceptors (Lipinski definition) is 4. The van der Waals surface area contributed by atoms with E-state index < -0.39 is 0 Å². The van der Waals surface area contributed by atoms with Gasteiger partial charge in [-0.3, -0.25) is 4.57 Å². The van der Waals surface area contributed by atoms with Gasteiger partial charge in [-0.1, -0.05) is 24.3 Å². The van der Waals surface area contributed by atoms with E-state index in [1.807, 2.05) is 74.5 Å². The van der Waals surface area contributed by atoms with Gasteiger partial charge in [-0.15, -0.1) is 0 Å². The number of fused-ring (bicyclic) bond motifs is 4. The molecule has 0 fully saturated rings. The molecule has 33 heavy (non-hydrogen) atoms. The van der Waals surface area contributed by atoms with Gasteiger partial charge in [0.2, 0.25) is 5.88 Å². The van der Waals surface area contributed by atoms with Crippen molar-refractivity contribution in [1.82, 2.24) is 14.5 Å². The molecule has 0 aliphatic carbocycles. The molecule has 5 nitrogen and oxygen atoms in total. The van der Waals surface area contributed by atoms with Crippen LogP contribution in [0.15, 0.2) is 85.1 Å². The van der Waals surface area contributed by atoms with E-state index in [0.717, 1.165) is 44.1 Å². The zero-order valence-electron chi connectivity index (χ0n) is 18.3. The smallest absolute Gasteiger partial charge is 0.219 e. The molecular formula is C28H21N3O2. The van der Waals surface area contributed by atoms with Gasteiger partial charge >= 0.3 is 0 Å². The Balaban J connectivity index is 1.50. The lowest BCUT2D eigenvalue weighted by molar-refractivity contribution is 0.459. The first kappa shape index (κ1) is 19.3. The van der Waals surface area contributed by atoms with E-state index in [-0.39, 0.29) is 5.75 Å². The fraction of sp³-hybridized carbons (Fsp3) is 0.0714. The van der Waals surface area contributed by atoms with E-state index >= 15 is 0 Å². The maximum absolute atomic E-state index is 10.6. The van der Waals surface area contributed by atoms with Gasteiger partial charge in [0, 0.05) is 34.5 Å². The Morgan fingerprint density at radius 1 is 0.818 bits per heavy atom. The second kappa shape index (κ2) is 7.35. The maximum atomic E-state index is 10.6. The minimum Gasteiger partial charge on any atom is -0.505 e. The van der Waals surface area contributed by atoms with E-state index in [1.165, 1.54) is 0 Å². The summed E-state index contributed by atoms with van der Waals surface area (Å²) in [5, 5.41) is 13.7. The Morgan fingerprint density at radius 3 is 2.48 bits per heavy atom. The van der Waals surface area contributed by atoms with Crippen LogP contribution in [0.2, 0.25) is 0 Å². The Bertz CT molecular complexity index is 1670. The number of rotatable bonds is 3. The number of para-hydroxylation sites is 1. The van der Waals surface area contributed by atoms with Crippen molar-refractivity contribution in [2.45, 2.75) is 13.8 Å². The minimum absolute atomic E-state index is 0.196. The SMILES string of the molecule is Cc1cc2ccc(Oc3ccc4c5ccccc5n(-c5ccccn5)c4c3)nc2c(O)c1C. The molecule has 0 radical (unpaired) electrons. The lowest BCUT2D eigenvalue weighted by Gasteiger charge is -2.11. The average Bonchev–Trinajstić information content (AvgIpc) is 3.17. The van der Waals surface area contributed by atoms with Crippen molar-refractivity contribution in [3.8, 4) is 23.2 Å². The number of aryl methyl sites for hydroxylation is 1. The summed E-state index contributed by atoms with van der Waals surface area (Å²) in [6.07, 6.45) is 1.80.